The third-order valence-electron chi connectivity index (χ3n) is 2.70. The monoisotopic (exact) mass is 235 g/mol. The van der Waals surface area contributed by atoms with Crippen molar-refractivity contribution in [2.24, 2.45) is 5.92 Å². The number of aromatic nitrogens is 1. The van der Waals surface area contributed by atoms with Crippen LogP contribution in [-0.2, 0) is 0 Å². The predicted octanol–water partition coefficient (Wildman–Crippen LogP) is 1.93. The summed E-state index contributed by atoms with van der Waals surface area (Å²) in [6.45, 7) is 2.60. The first-order chi connectivity index (χ1) is 8.19. The molecule has 1 heterocycles. The third kappa shape index (κ3) is 3.34. The van der Waals surface area contributed by atoms with Gasteiger partial charge in [-0.2, -0.15) is 0 Å². The molecule has 1 fully saturated rings. The Bertz CT molecular complexity index is 416. The van der Waals surface area contributed by atoms with Gasteiger partial charge in [-0.1, -0.05) is 0 Å². The van der Waals surface area contributed by atoms with E-state index in [1.807, 2.05) is 13.0 Å². The van der Waals surface area contributed by atoms with Crippen molar-refractivity contribution in [2.75, 3.05) is 19.0 Å². The van der Waals surface area contributed by atoms with Crippen molar-refractivity contribution in [3.8, 4) is 5.75 Å². The standard InChI is InChI=1S/C12H17N3O2/c1-8-3-6-10(17-2)11(14-8)15-12(16)13-7-9-4-5-9/h3,6,9H,4-5,7H2,1-2H3,(H2,13,14,15,16). The summed E-state index contributed by atoms with van der Waals surface area (Å²) < 4.78 is 5.13. The molecule has 2 amide bonds. The summed E-state index contributed by atoms with van der Waals surface area (Å²) in [4.78, 5) is 15.8. The molecule has 0 aromatic carbocycles. The van der Waals surface area contributed by atoms with Crippen molar-refractivity contribution in [3.05, 3.63) is 17.8 Å². The van der Waals surface area contributed by atoms with Crippen molar-refractivity contribution >= 4 is 11.8 Å². The number of hydrogen-bond donors (Lipinski definition) is 2. The topological polar surface area (TPSA) is 63.2 Å². The Morgan fingerprint density at radius 2 is 2.29 bits per heavy atom. The average molecular weight is 235 g/mol. The maximum Gasteiger partial charge on any atom is 0.320 e. The van der Waals surface area contributed by atoms with E-state index in [1.165, 1.54) is 12.8 Å². The Hall–Kier alpha value is -1.78. The van der Waals surface area contributed by atoms with E-state index >= 15 is 0 Å². The molecule has 0 radical (unpaired) electrons. The molecule has 2 N–H and O–H groups in total. The van der Waals surface area contributed by atoms with Crippen molar-refractivity contribution in [1.29, 1.82) is 0 Å². The zero-order chi connectivity index (χ0) is 12.3. The van der Waals surface area contributed by atoms with Crippen molar-refractivity contribution in [3.63, 3.8) is 0 Å². The summed E-state index contributed by atoms with van der Waals surface area (Å²) in [5.74, 6) is 1.69. The molecule has 0 bridgehead atoms. The lowest BCUT2D eigenvalue weighted by Gasteiger charge is -2.10. The molecule has 1 aromatic rings. The number of nitrogens with zero attached hydrogens (tertiary/aromatic N) is 1. The van der Waals surface area contributed by atoms with E-state index in [1.54, 1.807) is 13.2 Å². The fourth-order valence-corrected chi connectivity index (χ4v) is 1.51. The minimum absolute atomic E-state index is 0.228. The highest BCUT2D eigenvalue weighted by Gasteiger charge is 2.21. The lowest BCUT2D eigenvalue weighted by Crippen LogP contribution is -2.30. The quantitative estimate of drug-likeness (QED) is 0.838. The molecule has 1 aliphatic carbocycles. The molecule has 1 aliphatic rings. The van der Waals surface area contributed by atoms with Gasteiger partial charge in [-0.3, -0.25) is 5.32 Å². The van der Waals surface area contributed by atoms with E-state index in [2.05, 4.69) is 15.6 Å². The number of nitrogens with one attached hydrogen (secondary N) is 2. The number of urea groups is 1. The predicted molar refractivity (Wildman–Crippen MR) is 65.3 cm³/mol. The summed E-state index contributed by atoms with van der Waals surface area (Å²) in [5.41, 5.74) is 0.836. The lowest BCUT2D eigenvalue weighted by atomic mass is 10.3. The average Bonchev–Trinajstić information content (AvgIpc) is 3.10. The van der Waals surface area contributed by atoms with Gasteiger partial charge in [0.1, 0.15) is 0 Å². The first kappa shape index (κ1) is 11.7. The number of pyridine rings is 1. The molecular weight excluding hydrogens is 218 g/mol. The fraction of sp³-hybridized carbons (Fsp3) is 0.500. The number of hydrogen-bond acceptors (Lipinski definition) is 3. The number of carbonyl (C=O) groups is 1. The molecule has 5 nitrogen and oxygen atoms in total. The van der Waals surface area contributed by atoms with Gasteiger partial charge in [0.25, 0.3) is 0 Å². The van der Waals surface area contributed by atoms with Crippen molar-refractivity contribution < 1.29 is 9.53 Å². The molecule has 17 heavy (non-hydrogen) atoms. The Labute approximate surface area is 101 Å². The van der Waals surface area contributed by atoms with Gasteiger partial charge < -0.3 is 10.1 Å². The van der Waals surface area contributed by atoms with E-state index in [9.17, 15) is 4.79 Å². The highest BCUT2D eigenvalue weighted by Crippen LogP contribution is 2.27. The summed E-state index contributed by atoms with van der Waals surface area (Å²) in [5, 5.41) is 5.52. The number of methoxy groups -OCH3 is 1. The van der Waals surface area contributed by atoms with Gasteiger partial charge in [0.2, 0.25) is 0 Å². The Kier molecular flexibility index (Phi) is 3.46. The van der Waals surface area contributed by atoms with Crippen LogP contribution in [0.15, 0.2) is 12.1 Å². The van der Waals surface area contributed by atoms with Crippen LogP contribution in [0.5, 0.6) is 5.75 Å². The van der Waals surface area contributed by atoms with Crippen molar-refractivity contribution in [1.82, 2.24) is 10.3 Å². The number of anilines is 1. The van der Waals surface area contributed by atoms with Gasteiger partial charge in [-0.05, 0) is 37.8 Å². The van der Waals surface area contributed by atoms with Gasteiger partial charge in [0, 0.05) is 12.2 Å². The largest absolute Gasteiger partial charge is 0.493 e. The molecule has 0 saturated heterocycles. The summed E-state index contributed by atoms with van der Waals surface area (Å²) in [7, 11) is 1.56. The zero-order valence-corrected chi connectivity index (χ0v) is 10.1. The fourth-order valence-electron chi connectivity index (χ4n) is 1.51. The second kappa shape index (κ2) is 5.03. The van der Waals surface area contributed by atoms with Crippen LogP contribution in [0, 0.1) is 12.8 Å². The highest BCUT2D eigenvalue weighted by atomic mass is 16.5. The van der Waals surface area contributed by atoms with Gasteiger partial charge in [0.15, 0.2) is 11.6 Å². The first-order valence-corrected chi connectivity index (χ1v) is 5.75. The SMILES string of the molecule is COc1ccc(C)nc1NC(=O)NCC1CC1. The summed E-state index contributed by atoms with van der Waals surface area (Å²) in [6.07, 6.45) is 2.43. The van der Waals surface area contributed by atoms with E-state index in [-0.39, 0.29) is 6.03 Å². The summed E-state index contributed by atoms with van der Waals surface area (Å²) in [6, 6.07) is 3.40. The second-order valence-corrected chi connectivity index (χ2v) is 4.28. The van der Waals surface area contributed by atoms with E-state index < -0.39 is 0 Å². The zero-order valence-electron chi connectivity index (χ0n) is 10.1. The Morgan fingerprint density at radius 1 is 1.53 bits per heavy atom. The normalized spacial score (nSPS) is 14.2. The molecule has 2 rings (SSSR count). The molecule has 1 saturated carbocycles. The molecule has 0 atom stereocenters. The molecule has 5 heteroatoms. The number of amides is 2. The maximum atomic E-state index is 11.6. The van der Waals surface area contributed by atoms with Crippen LogP contribution in [0.1, 0.15) is 18.5 Å². The van der Waals surface area contributed by atoms with Gasteiger partial charge in [-0.15, -0.1) is 0 Å². The van der Waals surface area contributed by atoms with Crippen molar-refractivity contribution in [2.45, 2.75) is 19.8 Å². The minimum atomic E-state index is -0.228. The lowest BCUT2D eigenvalue weighted by molar-refractivity contribution is 0.251. The van der Waals surface area contributed by atoms with E-state index in [0.717, 1.165) is 12.2 Å². The first-order valence-electron chi connectivity index (χ1n) is 5.75. The second-order valence-electron chi connectivity index (χ2n) is 4.28. The number of carbonyl (C=O) groups excluding carboxylic acids is 1. The van der Waals surface area contributed by atoms with Gasteiger partial charge >= 0.3 is 6.03 Å². The van der Waals surface area contributed by atoms with Crippen LogP contribution >= 0.6 is 0 Å². The van der Waals surface area contributed by atoms with Gasteiger partial charge in [-0.25, -0.2) is 9.78 Å². The van der Waals surface area contributed by atoms with E-state index in [4.69, 9.17) is 4.74 Å². The highest BCUT2D eigenvalue weighted by molar-refractivity contribution is 5.89. The van der Waals surface area contributed by atoms with Gasteiger partial charge in [0.05, 0.1) is 7.11 Å². The summed E-state index contributed by atoms with van der Waals surface area (Å²) >= 11 is 0. The van der Waals surface area contributed by atoms with Crippen LogP contribution < -0.4 is 15.4 Å². The molecule has 0 spiro atoms. The Balaban J connectivity index is 1.95. The molecular formula is C12H17N3O2. The number of aryl methyl sites for hydroxylation is 1. The van der Waals surface area contributed by atoms with Crippen LogP contribution in [0.3, 0.4) is 0 Å². The molecule has 0 aliphatic heterocycles. The van der Waals surface area contributed by atoms with Crippen LogP contribution in [0.4, 0.5) is 10.6 Å². The van der Waals surface area contributed by atoms with Crippen LogP contribution in [-0.4, -0.2) is 24.7 Å². The number of ether oxygens (including phenoxy) is 1. The van der Waals surface area contributed by atoms with Crippen LogP contribution in [0.2, 0.25) is 0 Å². The van der Waals surface area contributed by atoms with Crippen LogP contribution in [0.25, 0.3) is 0 Å². The maximum absolute atomic E-state index is 11.6. The molecule has 1 aromatic heterocycles. The minimum Gasteiger partial charge on any atom is -0.493 e. The third-order valence-corrected chi connectivity index (χ3v) is 2.70. The molecule has 92 valence electrons. The smallest absolute Gasteiger partial charge is 0.320 e. The molecule has 0 unspecified atom stereocenters. The van der Waals surface area contributed by atoms with E-state index in [0.29, 0.717) is 17.5 Å². The number of rotatable bonds is 4. The Morgan fingerprint density at radius 3 is 2.94 bits per heavy atom.